The molecule has 11 aromatic carbocycles. The fraction of sp³-hybridized carbons (Fsp3) is 0.0164. The fourth-order valence-electron chi connectivity index (χ4n) is 11.6. The lowest BCUT2D eigenvalue weighted by molar-refractivity contribution is 0.669. The van der Waals surface area contributed by atoms with E-state index in [4.69, 9.17) is 4.42 Å². The fourth-order valence-corrected chi connectivity index (χ4v) is 11.6. The summed E-state index contributed by atoms with van der Waals surface area (Å²) in [6.45, 7) is 0. The molecule has 2 aliphatic rings. The van der Waals surface area contributed by atoms with Crippen molar-refractivity contribution >= 4 is 71.3 Å². The van der Waals surface area contributed by atoms with Gasteiger partial charge in [-0.3, -0.25) is 0 Å². The first-order chi connectivity index (χ1) is 31.3. The highest BCUT2D eigenvalue weighted by molar-refractivity contribution is 6.29. The zero-order chi connectivity index (χ0) is 41.2. The van der Waals surface area contributed by atoms with Crippen LogP contribution in [0.2, 0.25) is 0 Å². The molecule has 0 unspecified atom stereocenters. The molecule has 1 heterocycles. The maximum absolute atomic E-state index is 6.33. The summed E-state index contributed by atoms with van der Waals surface area (Å²) in [4.78, 5) is 2.50. The summed E-state index contributed by atoms with van der Waals surface area (Å²) in [5, 5.41) is 9.78. The number of hydrogen-bond acceptors (Lipinski definition) is 2. The normalized spacial score (nSPS) is 13.2. The lowest BCUT2D eigenvalue weighted by Gasteiger charge is -2.32. The monoisotopic (exact) mass is 799 g/mol. The average Bonchev–Trinajstić information content (AvgIpc) is 3.99. The molecule has 2 aliphatic carbocycles. The van der Waals surface area contributed by atoms with E-state index >= 15 is 0 Å². The van der Waals surface area contributed by atoms with Crippen molar-refractivity contribution in [3.8, 4) is 33.4 Å². The molecule has 0 saturated heterocycles. The van der Waals surface area contributed by atoms with Gasteiger partial charge in [0, 0.05) is 27.5 Å². The van der Waals surface area contributed by atoms with Gasteiger partial charge in [0.15, 0.2) is 0 Å². The molecule has 292 valence electrons. The third-order valence-corrected chi connectivity index (χ3v) is 14.1. The Kier molecular flexibility index (Phi) is 7.07. The molecule has 0 N–H and O–H groups in total. The quantitative estimate of drug-likeness (QED) is 0.165. The standard InChI is InChI=1S/C61H37NO/c1-2-16-44-42(15-1)43-17-3-4-21-49(43)59-50(44)24-13-28-56(59)62(39-33-31-38(32-34-39)41-23-14-30-58-60(41)51-22-8-12-29-57(51)63-58)40-35-36-48-47-20-7-11-27-54(47)61(55(48)37-40)52-25-9-5-18-45(52)46-19-6-10-26-53(46)61/h1-37H. The Hall–Kier alpha value is -8.20. The zero-order valence-corrected chi connectivity index (χ0v) is 34.2. The number of anilines is 3. The van der Waals surface area contributed by atoms with Gasteiger partial charge in [-0.2, -0.15) is 0 Å². The molecule has 2 nitrogen and oxygen atoms in total. The van der Waals surface area contributed by atoms with Crippen LogP contribution in [0.15, 0.2) is 229 Å². The molecule has 0 bridgehead atoms. The minimum Gasteiger partial charge on any atom is -0.456 e. The van der Waals surface area contributed by atoms with E-state index in [1.54, 1.807) is 0 Å². The van der Waals surface area contributed by atoms with Gasteiger partial charge in [-0.05, 0) is 125 Å². The Balaban J connectivity index is 1.05. The SMILES string of the molecule is c1ccc2c(c1)-c1ccccc1C21c2ccccc2-c2ccc(N(c3ccc(-c4cccc5oc6ccccc6c45)cc3)c3cccc4c5ccccc5c5ccccc5c34)cc21. The van der Waals surface area contributed by atoms with E-state index in [1.165, 1.54) is 76.8 Å². The number of hydrogen-bond donors (Lipinski definition) is 0. The van der Waals surface area contributed by atoms with E-state index in [0.717, 1.165) is 50.1 Å². The smallest absolute Gasteiger partial charge is 0.136 e. The Bertz CT molecular complexity index is 3760. The van der Waals surface area contributed by atoms with Gasteiger partial charge in [0.05, 0.1) is 11.1 Å². The van der Waals surface area contributed by atoms with Crippen molar-refractivity contribution in [1.29, 1.82) is 0 Å². The first-order valence-corrected chi connectivity index (χ1v) is 21.8. The number of benzene rings is 11. The molecule has 63 heavy (non-hydrogen) atoms. The van der Waals surface area contributed by atoms with Crippen molar-refractivity contribution in [2.75, 3.05) is 4.90 Å². The van der Waals surface area contributed by atoms with Crippen LogP contribution < -0.4 is 4.90 Å². The van der Waals surface area contributed by atoms with Gasteiger partial charge in [0.2, 0.25) is 0 Å². The van der Waals surface area contributed by atoms with Crippen LogP contribution in [0.5, 0.6) is 0 Å². The molecule has 1 aromatic heterocycles. The Morgan fingerprint density at radius 2 is 0.762 bits per heavy atom. The lowest BCUT2D eigenvalue weighted by atomic mass is 9.70. The van der Waals surface area contributed by atoms with Crippen LogP contribution in [0.1, 0.15) is 22.3 Å². The summed E-state index contributed by atoms with van der Waals surface area (Å²) in [5.41, 5.74) is 17.5. The van der Waals surface area contributed by atoms with E-state index in [9.17, 15) is 0 Å². The predicted molar refractivity (Wildman–Crippen MR) is 263 cm³/mol. The lowest BCUT2D eigenvalue weighted by Crippen LogP contribution is -2.26. The van der Waals surface area contributed by atoms with E-state index < -0.39 is 5.41 Å². The minimum absolute atomic E-state index is 0.460. The predicted octanol–water partition coefficient (Wildman–Crippen LogP) is 16.5. The molecule has 0 radical (unpaired) electrons. The Labute approximate surface area is 364 Å². The van der Waals surface area contributed by atoms with Gasteiger partial charge in [0.25, 0.3) is 0 Å². The van der Waals surface area contributed by atoms with Crippen LogP contribution in [-0.4, -0.2) is 0 Å². The first kappa shape index (κ1) is 34.5. The molecule has 1 spiro atoms. The molecule has 0 atom stereocenters. The molecule has 0 saturated carbocycles. The molecule has 14 rings (SSSR count). The maximum atomic E-state index is 6.33. The molecule has 2 heteroatoms. The largest absolute Gasteiger partial charge is 0.456 e. The molecular weight excluding hydrogens is 763 g/mol. The third kappa shape index (κ3) is 4.62. The van der Waals surface area contributed by atoms with E-state index in [2.05, 4.69) is 223 Å². The van der Waals surface area contributed by atoms with Crippen LogP contribution in [-0.2, 0) is 5.41 Å². The number of rotatable bonds is 4. The number of fused-ring (bicyclic) bond motifs is 19. The van der Waals surface area contributed by atoms with Gasteiger partial charge in [-0.1, -0.05) is 182 Å². The highest BCUT2D eigenvalue weighted by atomic mass is 16.3. The molecule has 12 aromatic rings. The van der Waals surface area contributed by atoms with Gasteiger partial charge >= 0.3 is 0 Å². The molecular formula is C61H37NO. The summed E-state index contributed by atoms with van der Waals surface area (Å²) < 4.78 is 6.33. The number of para-hydroxylation sites is 1. The van der Waals surface area contributed by atoms with Gasteiger partial charge in [0.1, 0.15) is 11.2 Å². The summed E-state index contributed by atoms with van der Waals surface area (Å²) in [5.74, 6) is 0. The summed E-state index contributed by atoms with van der Waals surface area (Å²) in [7, 11) is 0. The summed E-state index contributed by atoms with van der Waals surface area (Å²) in [6.07, 6.45) is 0. The second kappa shape index (κ2) is 12.9. The van der Waals surface area contributed by atoms with Gasteiger partial charge in [-0.15, -0.1) is 0 Å². The van der Waals surface area contributed by atoms with Crippen molar-refractivity contribution < 1.29 is 4.42 Å². The topological polar surface area (TPSA) is 16.4 Å². The van der Waals surface area contributed by atoms with E-state index in [-0.39, 0.29) is 0 Å². The van der Waals surface area contributed by atoms with Crippen LogP contribution in [0.3, 0.4) is 0 Å². The highest BCUT2D eigenvalue weighted by Crippen LogP contribution is 2.63. The van der Waals surface area contributed by atoms with Crippen molar-refractivity contribution in [3.05, 3.63) is 247 Å². The molecule has 0 fully saturated rings. The maximum Gasteiger partial charge on any atom is 0.136 e. The van der Waals surface area contributed by atoms with Crippen LogP contribution in [0.25, 0.3) is 87.6 Å². The van der Waals surface area contributed by atoms with Crippen LogP contribution in [0.4, 0.5) is 17.1 Å². The summed E-state index contributed by atoms with van der Waals surface area (Å²) >= 11 is 0. The van der Waals surface area contributed by atoms with Crippen molar-refractivity contribution in [1.82, 2.24) is 0 Å². The summed E-state index contributed by atoms with van der Waals surface area (Å²) in [6, 6.07) is 82.9. The van der Waals surface area contributed by atoms with E-state index in [0.29, 0.717) is 0 Å². The van der Waals surface area contributed by atoms with Crippen molar-refractivity contribution in [3.63, 3.8) is 0 Å². The number of nitrogens with zero attached hydrogens (tertiary/aromatic N) is 1. The van der Waals surface area contributed by atoms with Gasteiger partial charge < -0.3 is 9.32 Å². The van der Waals surface area contributed by atoms with Gasteiger partial charge in [-0.25, -0.2) is 0 Å². The second-order valence-electron chi connectivity index (χ2n) is 17.1. The third-order valence-electron chi connectivity index (χ3n) is 14.1. The van der Waals surface area contributed by atoms with Crippen LogP contribution >= 0.6 is 0 Å². The highest BCUT2D eigenvalue weighted by Gasteiger charge is 2.51. The Morgan fingerprint density at radius 1 is 0.302 bits per heavy atom. The van der Waals surface area contributed by atoms with Crippen LogP contribution in [0, 0.1) is 0 Å². The zero-order valence-electron chi connectivity index (χ0n) is 34.2. The van der Waals surface area contributed by atoms with E-state index in [1.807, 2.05) is 6.07 Å². The molecule has 0 amide bonds. The molecule has 0 aliphatic heterocycles. The Morgan fingerprint density at radius 3 is 1.41 bits per heavy atom. The van der Waals surface area contributed by atoms with Crippen molar-refractivity contribution in [2.24, 2.45) is 0 Å². The average molecular weight is 800 g/mol. The second-order valence-corrected chi connectivity index (χ2v) is 17.1. The van der Waals surface area contributed by atoms with Crippen molar-refractivity contribution in [2.45, 2.75) is 5.41 Å². The number of furan rings is 1. The minimum atomic E-state index is -0.460. The first-order valence-electron chi connectivity index (χ1n) is 21.8.